The van der Waals surface area contributed by atoms with Crippen molar-refractivity contribution in [1.29, 1.82) is 5.26 Å². The van der Waals surface area contributed by atoms with Crippen molar-refractivity contribution in [3.8, 4) is 6.07 Å². The first-order valence-corrected chi connectivity index (χ1v) is 5.94. The molecule has 0 unspecified atom stereocenters. The molecule has 0 fully saturated rings. The smallest absolute Gasteiger partial charge is 0.251 e. The number of unbranched alkanes of at least 4 members (excludes halogenated alkanes) is 2. The largest absolute Gasteiger partial charge is 0.352 e. The molecule has 1 aromatic carbocycles. The highest BCUT2D eigenvalue weighted by Crippen LogP contribution is 2.10. The van der Waals surface area contributed by atoms with Gasteiger partial charge in [-0.15, -0.1) is 0 Å². The Morgan fingerprint density at radius 3 is 2.62 bits per heavy atom. The van der Waals surface area contributed by atoms with Gasteiger partial charge < -0.3 is 5.32 Å². The van der Waals surface area contributed by atoms with Gasteiger partial charge in [-0.2, -0.15) is 5.26 Å². The Labute approximate surface area is 104 Å². The lowest BCUT2D eigenvalue weighted by Crippen LogP contribution is -2.24. The molecule has 1 rings (SSSR count). The zero-order valence-electron chi connectivity index (χ0n) is 8.87. The van der Waals surface area contributed by atoms with Gasteiger partial charge in [0.2, 0.25) is 0 Å². The fourth-order valence-corrected chi connectivity index (χ4v) is 1.50. The van der Waals surface area contributed by atoms with E-state index in [1.807, 2.05) is 12.1 Å². The van der Waals surface area contributed by atoms with Crippen LogP contribution >= 0.6 is 15.9 Å². The van der Waals surface area contributed by atoms with Gasteiger partial charge in [0.25, 0.3) is 5.91 Å². The summed E-state index contributed by atoms with van der Waals surface area (Å²) < 4.78 is 0.957. The summed E-state index contributed by atoms with van der Waals surface area (Å²) >= 11 is 3.31. The minimum Gasteiger partial charge on any atom is -0.352 e. The van der Waals surface area contributed by atoms with Crippen LogP contribution in [0.1, 0.15) is 29.6 Å². The number of rotatable bonds is 5. The Hall–Kier alpha value is -1.34. The molecule has 3 nitrogen and oxygen atoms in total. The van der Waals surface area contributed by atoms with Gasteiger partial charge in [-0.25, -0.2) is 0 Å². The van der Waals surface area contributed by atoms with E-state index >= 15 is 0 Å². The van der Waals surface area contributed by atoms with Crippen LogP contribution in [-0.2, 0) is 0 Å². The summed E-state index contributed by atoms with van der Waals surface area (Å²) in [5, 5.41) is 11.2. The SMILES string of the molecule is N#CCCCCNC(=O)c1ccc(Br)cc1. The Bertz CT molecular complexity index is 381. The Morgan fingerprint density at radius 1 is 1.31 bits per heavy atom. The van der Waals surface area contributed by atoms with E-state index in [1.165, 1.54) is 0 Å². The summed E-state index contributed by atoms with van der Waals surface area (Å²) in [7, 11) is 0. The molecular formula is C12H13BrN2O. The van der Waals surface area contributed by atoms with E-state index in [0.29, 0.717) is 18.5 Å². The van der Waals surface area contributed by atoms with E-state index in [9.17, 15) is 4.79 Å². The topological polar surface area (TPSA) is 52.9 Å². The van der Waals surface area contributed by atoms with Gasteiger partial charge in [-0.3, -0.25) is 4.79 Å². The van der Waals surface area contributed by atoms with Crippen molar-refractivity contribution in [1.82, 2.24) is 5.32 Å². The van der Waals surface area contributed by atoms with Gasteiger partial charge in [0.15, 0.2) is 0 Å². The van der Waals surface area contributed by atoms with Gasteiger partial charge in [-0.1, -0.05) is 15.9 Å². The number of hydrogen-bond donors (Lipinski definition) is 1. The summed E-state index contributed by atoms with van der Waals surface area (Å²) in [6.07, 6.45) is 2.22. The van der Waals surface area contributed by atoms with Crippen LogP contribution in [0.2, 0.25) is 0 Å². The molecule has 1 aromatic rings. The number of nitriles is 1. The summed E-state index contributed by atoms with van der Waals surface area (Å²) in [5.74, 6) is -0.0653. The summed E-state index contributed by atoms with van der Waals surface area (Å²) in [6.45, 7) is 0.622. The highest BCUT2D eigenvalue weighted by molar-refractivity contribution is 9.10. The lowest BCUT2D eigenvalue weighted by molar-refractivity contribution is 0.0953. The number of benzene rings is 1. The van der Waals surface area contributed by atoms with E-state index in [-0.39, 0.29) is 5.91 Å². The van der Waals surface area contributed by atoms with Crippen molar-refractivity contribution in [2.24, 2.45) is 0 Å². The minimum atomic E-state index is -0.0653. The highest BCUT2D eigenvalue weighted by Gasteiger charge is 2.03. The Morgan fingerprint density at radius 2 is 2.00 bits per heavy atom. The second-order valence-electron chi connectivity index (χ2n) is 3.38. The zero-order chi connectivity index (χ0) is 11.8. The molecular weight excluding hydrogens is 268 g/mol. The maximum absolute atomic E-state index is 11.6. The number of carbonyl (C=O) groups is 1. The molecule has 0 saturated heterocycles. The number of carbonyl (C=O) groups excluding carboxylic acids is 1. The van der Waals surface area contributed by atoms with Crippen LogP contribution < -0.4 is 5.32 Å². The van der Waals surface area contributed by atoms with Crippen LogP contribution in [0.4, 0.5) is 0 Å². The second kappa shape index (κ2) is 7.02. The molecule has 0 aliphatic heterocycles. The van der Waals surface area contributed by atoms with Crippen molar-refractivity contribution < 1.29 is 4.79 Å². The summed E-state index contributed by atoms with van der Waals surface area (Å²) in [4.78, 5) is 11.6. The molecule has 0 aliphatic rings. The molecule has 0 bridgehead atoms. The zero-order valence-corrected chi connectivity index (χ0v) is 10.5. The Kier molecular flexibility index (Phi) is 5.58. The van der Waals surface area contributed by atoms with Crippen molar-refractivity contribution in [3.63, 3.8) is 0 Å². The average molecular weight is 281 g/mol. The average Bonchev–Trinajstić information content (AvgIpc) is 2.29. The Balaban J connectivity index is 2.30. The molecule has 4 heteroatoms. The normalized spacial score (nSPS) is 9.50. The fourth-order valence-electron chi connectivity index (χ4n) is 1.23. The lowest BCUT2D eigenvalue weighted by Gasteiger charge is -2.04. The maximum atomic E-state index is 11.6. The predicted molar refractivity (Wildman–Crippen MR) is 65.9 cm³/mol. The molecule has 0 spiro atoms. The molecule has 1 N–H and O–H groups in total. The number of hydrogen-bond acceptors (Lipinski definition) is 2. The van der Waals surface area contributed by atoms with Crippen molar-refractivity contribution in [3.05, 3.63) is 34.3 Å². The number of nitrogens with zero attached hydrogens (tertiary/aromatic N) is 1. The van der Waals surface area contributed by atoms with Gasteiger partial charge in [0, 0.05) is 23.0 Å². The van der Waals surface area contributed by atoms with Crippen LogP contribution in [-0.4, -0.2) is 12.5 Å². The van der Waals surface area contributed by atoms with E-state index in [2.05, 4.69) is 27.3 Å². The lowest BCUT2D eigenvalue weighted by atomic mass is 10.2. The van der Waals surface area contributed by atoms with E-state index < -0.39 is 0 Å². The van der Waals surface area contributed by atoms with Crippen LogP contribution in [0.5, 0.6) is 0 Å². The molecule has 0 aliphatic carbocycles. The maximum Gasteiger partial charge on any atom is 0.251 e. The first-order valence-electron chi connectivity index (χ1n) is 5.15. The monoisotopic (exact) mass is 280 g/mol. The minimum absolute atomic E-state index is 0.0653. The first-order chi connectivity index (χ1) is 7.74. The second-order valence-corrected chi connectivity index (χ2v) is 4.29. The molecule has 0 saturated carbocycles. The molecule has 0 heterocycles. The fraction of sp³-hybridized carbons (Fsp3) is 0.333. The number of amides is 1. The van der Waals surface area contributed by atoms with Gasteiger partial charge in [-0.05, 0) is 37.1 Å². The van der Waals surface area contributed by atoms with Crippen molar-refractivity contribution >= 4 is 21.8 Å². The molecule has 84 valence electrons. The van der Waals surface area contributed by atoms with Gasteiger partial charge in [0.05, 0.1) is 6.07 Å². The summed E-state index contributed by atoms with van der Waals surface area (Å²) in [5.41, 5.74) is 0.656. The van der Waals surface area contributed by atoms with Crippen molar-refractivity contribution in [2.75, 3.05) is 6.54 Å². The van der Waals surface area contributed by atoms with Gasteiger partial charge >= 0.3 is 0 Å². The first kappa shape index (κ1) is 12.7. The van der Waals surface area contributed by atoms with E-state index in [1.54, 1.807) is 12.1 Å². The molecule has 0 atom stereocenters. The molecule has 0 aromatic heterocycles. The third kappa shape index (κ3) is 4.45. The standard InChI is InChI=1S/C12H13BrN2O/c13-11-6-4-10(5-7-11)12(16)15-9-3-1-2-8-14/h4-7H,1-3,9H2,(H,15,16). The number of nitrogens with one attached hydrogen (secondary N) is 1. The number of halogens is 1. The molecule has 0 radical (unpaired) electrons. The van der Waals surface area contributed by atoms with Gasteiger partial charge in [0.1, 0.15) is 0 Å². The van der Waals surface area contributed by atoms with E-state index in [0.717, 1.165) is 17.3 Å². The third-order valence-corrected chi connectivity index (χ3v) is 2.64. The summed E-state index contributed by atoms with van der Waals surface area (Å²) in [6, 6.07) is 9.30. The van der Waals surface area contributed by atoms with Crippen LogP contribution in [0.25, 0.3) is 0 Å². The van der Waals surface area contributed by atoms with Crippen LogP contribution in [0.15, 0.2) is 28.7 Å². The third-order valence-electron chi connectivity index (χ3n) is 2.11. The quantitative estimate of drug-likeness (QED) is 0.844. The molecule has 16 heavy (non-hydrogen) atoms. The predicted octanol–water partition coefficient (Wildman–Crippen LogP) is 2.87. The highest BCUT2D eigenvalue weighted by atomic mass is 79.9. The van der Waals surface area contributed by atoms with Crippen LogP contribution in [0, 0.1) is 11.3 Å². The van der Waals surface area contributed by atoms with Crippen LogP contribution in [0.3, 0.4) is 0 Å². The van der Waals surface area contributed by atoms with E-state index in [4.69, 9.17) is 5.26 Å². The molecule has 1 amide bonds. The van der Waals surface area contributed by atoms with Crippen molar-refractivity contribution in [2.45, 2.75) is 19.3 Å².